The Hall–Kier alpha value is -1.92. The Balaban J connectivity index is 3.23. The first kappa shape index (κ1) is 17.1. The van der Waals surface area contributed by atoms with Gasteiger partial charge in [-0.15, -0.1) is 0 Å². The Kier molecular flexibility index (Phi) is 7.42. The summed E-state index contributed by atoms with van der Waals surface area (Å²) in [5.41, 5.74) is 1.65. The van der Waals surface area contributed by atoms with Crippen LogP contribution in [0.25, 0.3) is 5.57 Å². The molecule has 0 saturated heterocycles. The Morgan fingerprint density at radius 3 is 2.76 bits per heavy atom. The fourth-order valence-corrected chi connectivity index (χ4v) is 1.90. The van der Waals surface area contributed by atoms with Gasteiger partial charge in [-0.05, 0) is 18.6 Å². The normalized spacial score (nSPS) is 10.6. The van der Waals surface area contributed by atoms with Crippen LogP contribution in [0.1, 0.15) is 37.3 Å². The van der Waals surface area contributed by atoms with E-state index in [2.05, 4.69) is 18.8 Å². The maximum Gasteiger partial charge on any atom is 0.341 e. The lowest BCUT2D eigenvalue weighted by atomic mass is 10.0. The molecule has 1 rings (SSSR count). The van der Waals surface area contributed by atoms with E-state index >= 15 is 0 Å². The summed E-state index contributed by atoms with van der Waals surface area (Å²) in [6, 6.07) is 5.19. The lowest BCUT2D eigenvalue weighted by Crippen LogP contribution is -2.06. The van der Waals surface area contributed by atoms with Crippen LogP contribution < -0.4 is 0 Å². The molecule has 4 heteroatoms. The van der Waals surface area contributed by atoms with Gasteiger partial charge in [0.05, 0.1) is 20.5 Å². The second-order valence-corrected chi connectivity index (χ2v) is 4.79. The monoisotopic (exact) mass is 306 g/mol. The maximum atomic E-state index is 11.9. The van der Waals surface area contributed by atoms with Crippen molar-refractivity contribution in [2.45, 2.75) is 26.2 Å². The average molecular weight is 307 g/mol. The van der Waals surface area contributed by atoms with Gasteiger partial charge in [0.15, 0.2) is 0 Å². The molecule has 0 fully saturated rings. The molecule has 0 amide bonds. The molecule has 1 aromatic carbocycles. The largest absolute Gasteiger partial charge is 0.503 e. The van der Waals surface area contributed by atoms with Crippen molar-refractivity contribution in [2.75, 3.05) is 14.2 Å². The summed E-state index contributed by atoms with van der Waals surface area (Å²) in [6.07, 6.45) is 4.30. The zero-order chi connectivity index (χ0) is 15.7. The third kappa shape index (κ3) is 5.17. The molecule has 0 radical (unpaired) electrons. The number of methoxy groups -OCH3 is 2. The number of halogens is 1. The van der Waals surface area contributed by atoms with E-state index in [1.54, 1.807) is 18.2 Å². The molecule has 0 atom stereocenters. The van der Waals surface area contributed by atoms with Gasteiger partial charge in [0.25, 0.3) is 0 Å². The van der Waals surface area contributed by atoms with E-state index in [4.69, 9.17) is 21.1 Å². The smallest absolute Gasteiger partial charge is 0.341 e. The Labute approximate surface area is 130 Å². The second kappa shape index (κ2) is 9.10. The molecule has 0 aromatic heterocycles. The van der Waals surface area contributed by atoms with Crippen molar-refractivity contribution < 1.29 is 14.3 Å². The fraction of sp³-hybridized carbons (Fsp3) is 0.353. The van der Waals surface area contributed by atoms with Crippen LogP contribution in [0.15, 0.2) is 24.5 Å². The summed E-state index contributed by atoms with van der Waals surface area (Å²) >= 11 is 6.02. The first-order chi connectivity index (χ1) is 10.1. The summed E-state index contributed by atoms with van der Waals surface area (Å²) < 4.78 is 9.74. The number of benzene rings is 1. The first-order valence-corrected chi connectivity index (χ1v) is 7.11. The minimum absolute atomic E-state index is 0.316. The molecule has 112 valence electrons. The number of carbonyl (C=O) groups excluding carboxylic acids is 1. The summed E-state index contributed by atoms with van der Waals surface area (Å²) in [7, 11) is 2.81. The van der Waals surface area contributed by atoms with Gasteiger partial charge in [0, 0.05) is 22.6 Å². The maximum absolute atomic E-state index is 11.9. The van der Waals surface area contributed by atoms with Crippen LogP contribution in [0, 0.1) is 11.8 Å². The van der Waals surface area contributed by atoms with E-state index in [1.807, 2.05) is 0 Å². The lowest BCUT2D eigenvalue weighted by molar-refractivity contribution is -0.133. The highest BCUT2D eigenvalue weighted by atomic mass is 35.5. The van der Waals surface area contributed by atoms with Crippen molar-refractivity contribution in [3.05, 3.63) is 40.6 Å². The van der Waals surface area contributed by atoms with Gasteiger partial charge in [0.2, 0.25) is 0 Å². The van der Waals surface area contributed by atoms with Crippen molar-refractivity contribution in [1.29, 1.82) is 0 Å². The standard InChI is InChI=1S/C17H19ClO3/c1-4-5-6-7-8-13-11-14(18)9-10-15(13)16(12-20-2)17(19)21-3/h9-12H,4-6H2,1-3H3/b16-12+. The number of unbranched alkanes of at least 4 members (excludes halogenated alkanes) is 2. The van der Waals surface area contributed by atoms with E-state index in [-0.39, 0.29) is 0 Å². The Bertz CT molecular complexity index is 579. The van der Waals surface area contributed by atoms with Crippen LogP contribution in [0.5, 0.6) is 0 Å². The SMILES string of the molecule is CCCCC#Cc1cc(Cl)ccc1/C(=C\OC)C(=O)OC. The third-order valence-corrected chi connectivity index (χ3v) is 3.03. The molecule has 0 N–H and O–H groups in total. The highest BCUT2D eigenvalue weighted by Crippen LogP contribution is 2.23. The van der Waals surface area contributed by atoms with Crippen LogP contribution in [-0.4, -0.2) is 20.2 Å². The minimum atomic E-state index is -0.476. The highest BCUT2D eigenvalue weighted by Gasteiger charge is 2.16. The number of ether oxygens (including phenoxy) is 2. The molecule has 0 aliphatic rings. The number of hydrogen-bond acceptors (Lipinski definition) is 3. The molecule has 21 heavy (non-hydrogen) atoms. The molecule has 0 unspecified atom stereocenters. The predicted molar refractivity (Wildman–Crippen MR) is 84.9 cm³/mol. The topological polar surface area (TPSA) is 35.5 Å². The van der Waals surface area contributed by atoms with Crippen molar-refractivity contribution in [2.24, 2.45) is 0 Å². The third-order valence-electron chi connectivity index (χ3n) is 2.79. The van der Waals surface area contributed by atoms with E-state index in [0.29, 0.717) is 21.7 Å². The quantitative estimate of drug-likeness (QED) is 0.271. The van der Waals surface area contributed by atoms with E-state index < -0.39 is 5.97 Å². The predicted octanol–water partition coefficient (Wildman–Crippen LogP) is 4.04. The van der Waals surface area contributed by atoms with Crippen molar-refractivity contribution in [3.63, 3.8) is 0 Å². The zero-order valence-electron chi connectivity index (χ0n) is 12.5. The summed E-state index contributed by atoms with van der Waals surface area (Å²) in [5.74, 6) is 5.69. The lowest BCUT2D eigenvalue weighted by Gasteiger charge is -2.08. The summed E-state index contributed by atoms with van der Waals surface area (Å²) in [5, 5.41) is 0.570. The Morgan fingerprint density at radius 1 is 1.38 bits per heavy atom. The Morgan fingerprint density at radius 2 is 2.14 bits per heavy atom. The molecule has 0 bridgehead atoms. The van der Waals surface area contributed by atoms with Crippen LogP contribution in [-0.2, 0) is 14.3 Å². The molecule has 0 spiro atoms. The first-order valence-electron chi connectivity index (χ1n) is 6.74. The summed E-state index contributed by atoms with van der Waals surface area (Å²) in [6.45, 7) is 2.11. The summed E-state index contributed by atoms with van der Waals surface area (Å²) in [4.78, 5) is 11.9. The van der Waals surface area contributed by atoms with Crippen LogP contribution >= 0.6 is 11.6 Å². The number of rotatable bonds is 5. The second-order valence-electron chi connectivity index (χ2n) is 4.35. The van der Waals surface area contributed by atoms with Gasteiger partial charge in [-0.3, -0.25) is 0 Å². The van der Waals surface area contributed by atoms with Gasteiger partial charge >= 0.3 is 5.97 Å². The van der Waals surface area contributed by atoms with Gasteiger partial charge < -0.3 is 9.47 Å². The minimum Gasteiger partial charge on any atom is -0.503 e. The molecule has 0 saturated carbocycles. The average Bonchev–Trinajstić information content (AvgIpc) is 2.49. The molecular weight excluding hydrogens is 288 g/mol. The van der Waals surface area contributed by atoms with Crippen molar-refractivity contribution in [1.82, 2.24) is 0 Å². The van der Waals surface area contributed by atoms with Gasteiger partial charge in [0.1, 0.15) is 5.57 Å². The van der Waals surface area contributed by atoms with Crippen LogP contribution in [0.2, 0.25) is 5.02 Å². The van der Waals surface area contributed by atoms with Gasteiger partial charge in [-0.1, -0.05) is 42.9 Å². The van der Waals surface area contributed by atoms with Crippen molar-refractivity contribution in [3.8, 4) is 11.8 Å². The van der Waals surface area contributed by atoms with E-state index in [9.17, 15) is 4.79 Å². The van der Waals surface area contributed by atoms with Crippen molar-refractivity contribution >= 4 is 23.1 Å². The molecule has 3 nitrogen and oxygen atoms in total. The highest BCUT2D eigenvalue weighted by molar-refractivity contribution is 6.31. The molecular formula is C17H19ClO3. The fourth-order valence-electron chi connectivity index (χ4n) is 1.73. The molecule has 1 aromatic rings. The molecule has 0 heterocycles. The number of esters is 1. The molecule has 0 aliphatic heterocycles. The number of hydrogen-bond donors (Lipinski definition) is 0. The van der Waals surface area contributed by atoms with E-state index in [1.165, 1.54) is 20.5 Å². The van der Waals surface area contributed by atoms with Gasteiger partial charge in [-0.2, -0.15) is 0 Å². The van der Waals surface area contributed by atoms with E-state index in [0.717, 1.165) is 19.3 Å². The van der Waals surface area contributed by atoms with Crippen LogP contribution in [0.4, 0.5) is 0 Å². The van der Waals surface area contributed by atoms with Gasteiger partial charge in [-0.25, -0.2) is 4.79 Å². The number of carbonyl (C=O) groups is 1. The zero-order valence-corrected chi connectivity index (χ0v) is 13.3. The van der Waals surface area contributed by atoms with Crippen LogP contribution in [0.3, 0.4) is 0 Å². The molecule has 0 aliphatic carbocycles.